The monoisotopic (exact) mass is 865 g/mol. The maximum absolute atomic E-state index is 5.55. The van der Waals surface area contributed by atoms with E-state index in [-0.39, 0.29) is 0 Å². The quantitative estimate of drug-likeness (QED) is 0.167. The molecule has 0 aliphatic rings. The van der Waals surface area contributed by atoms with Crippen LogP contribution in [0, 0.1) is 0 Å². The van der Waals surface area contributed by atoms with Gasteiger partial charge < -0.3 is 9.13 Å². The van der Waals surface area contributed by atoms with Crippen LogP contribution < -0.4 is 0 Å². The summed E-state index contributed by atoms with van der Waals surface area (Å²) in [5.41, 5.74) is 11.5. The van der Waals surface area contributed by atoms with Crippen LogP contribution in [0.15, 0.2) is 237 Å². The van der Waals surface area contributed by atoms with E-state index in [2.05, 4.69) is 228 Å². The average Bonchev–Trinajstić information content (AvgIpc) is 3.93. The molecule has 0 bridgehead atoms. The minimum atomic E-state index is 0.598. The molecule has 0 saturated heterocycles. The van der Waals surface area contributed by atoms with Crippen molar-refractivity contribution in [2.24, 2.45) is 0 Å². The molecule has 11 aromatic carbocycles. The largest absolute Gasteiger partial charge is 0.309 e. The highest BCUT2D eigenvalue weighted by atomic mass is 15.1. The van der Waals surface area contributed by atoms with Crippen molar-refractivity contribution in [1.29, 1.82) is 0 Å². The van der Waals surface area contributed by atoms with Crippen LogP contribution in [0.1, 0.15) is 0 Å². The summed E-state index contributed by atoms with van der Waals surface area (Å²) in [5, 5.41) is 11.9. The van der Waals surface area contributed by atoms with Crippen molar-refractivity contribution in [3.8, 4) is 56.7 Å². The molecule has 14 aromatic rings. The van der Waals surface area contributed by atoms with Crippen LogP contribution in [-0.4, -0.2) is 24.1 Å². The number of fused-ring (bicyclic) bond motifs is 10. The van der Waals surface area contributed by atoms with Crippen molar-refractivity contribution >= 4 is 75.9 Å². The first-order valence-corrected chi connectivity index (χ1v) is 23.1. The molecule has 0 spiro atoms. The van der Waals surface area contributed by atoms with Crippen molar-refractivity contribution in [2.75, 3.05) is 0 Å². The van der Waals surface area contributed by atoms with Gasteiger partial charge >= 0.3 is 0 Å². The predicted molar refractivity (Wildman–Crippen MR) is 283 cm³/mol. The number of hydrogen-bond acceptors (Lipinski definition) is 3. The number of rotatable bonds is 6. The normalized spacial score (nSPS) is 11.8. The Balaban J connectivity index is 1.08. The van der Waals surface area contributed by atoms with Gasteiger partial charge in [0.1, 0.15) is 0 Å². The van der Waals surface area contributed by atoms with E-state index in [1.807, 2.05) is 18.2 Å². The van der Waals surface area contributed by atoms with Crippen LogP contribution in [0.2, 0.25) is 0 Å². The van der Waals surface area contributed by atoms with Gasteiger partial charge in [-0.2, -0.15) is 0 Å². The van der Waals surface area contributed by atoms with E-state index in [9.17, 15) is 0 Å². The van der Waals surface area contributed by atoms with E-state index in [1.165, 1.54) is 43.2 Å². The second-order valence-electron chi connectivity index (χ2n) is 17.6. The van der Waals surface area contributed by atoms with Crippen LogP contribution in [0.3, 0.4) is 0 Å². The maximum atomic E-state index is 5.55. The lowest BCUT2D eigenvalue weighted by Gasteiger charge is -2.17. The average molecular weight is 866 g/mol. The van der Waals surface area contributed by atoms with Gasteiger partial charge in [-0.25, -0.2) is 15.0 Å². The van der Waals surface area contributed by atoms with Crippen LogP contribution in [0.4, 0.5) is 0 Å². The Morgan fingerprint density at radius 1 is 0.250 bits per heavy atom. The Hall–Kier alpha value is -9.19. The zero-order valence-corrected chi connectivity index (χ0v) is 36.8. The highest BCUT2D eigenvalue weighted by Gasteiger charge is 2.23. The Kier molecular flexibility index (Phi) is 8.52. The van der Waals surface area contributed by atoms with Crippen molar-refractivity contribution < 1.29 is 0 Å². The van der Waals surface area contributed by atoms with Crippen molar-refractivity contribution in [1.82, 2.24) is 24.1 Å². The van der Waals surface area contributed by atoms with E-state index in [1.54, 1.807) is 0 Å². The van der Waals surface area contributed by atoms with Crippen LogP contribution in [0.25, 0.3) is 133 Å². The highest BCUT2D eigenvalue weighted by Crippen LogP contribution is 2.43. The third-order valence-corrected chi connectivity index (χ3v) is 13.7. The molecule has 0 unspecified atom stereocenters. The zero-order valence-electron chi connectivity index (χ0n) is 36.8. The van der Waals surface area contributed by atoms with E-state index < -0.39 is 0 Å². The molecule has 3 aromatic heterocycles. The Labute approximate surface area is 391 Å². The molecule has 68 heavy (non-hydrogen) atoms. The second kappa shape index (κ2) is 15.2. The second-order valence-corrected chi connectivity index (χ2v) is 17.6. The highest BCUT2D eigenvalue weighted by molar-refractivity contribution is 6.21. The number of para-hydroxylation sites is 3. The molecule has 0 radical (unpaired) electrons. The third-order valence-electron chi connectivity index (χ3n) is 13.7. The van der Waals surface area contributed by atoms with E-state index >= 15 is 0 Å². The minimum Gasteiger partial charge on any atom is -0.309 e. The molecule has 14 rings (SSSR count). The molecular weight excluding hydrogens is 827 g/mol. The standard InChI is InChI=1S/C63H39N5/c1-3-19-42(20-4-1)61-64-62(66-63(65-61)54-31-16-30-51-50-28-13-14-32-57(50)67(60(51)54)45-24-5-2-6-25-45)53-36-34-46(39-55(53)49-29-15-23-40-17-9-11-26-47(40)49)68-58-38-44-22-8-7-21-43(44)37-56(58)52-35-33-41-18-10-12-27-48(41)59(52)68/h1-39H. The summed E-state index contributed by atoms with van der Waals surface area (Å²) < 4.78 is 4.82. The fraction of sp³-hybridized carbons (Fsp3) is 0. The number of hydrogen-bond donors (Lipinski definition) is 0. The number of nitrogens with zero attached hydrogens (tertiary/aromatic N) is 5. The van der Waals surface area contributed by atoms with Gasteiger partial charge in [0.05, 0.1) is 22.1 Å². The molecule has 0 aliphatic carbocycles. The molecular formula is C63H39N5. The van der Waals surface area contributed by atoms with Gasteiger partial charge in [-0.05, 0) is 92.7 Å². The molecule has 0 fully saturated rings. The lowest BCUT2D eigenvalue weighted by Crippen LogP contribution is -2.03. The van der Waals surface area contributed by atoms with Gasteiger partial charge in [0, 0.05) is 55.0 Å². The topological polar surface area (TPSA) is 48.5 Å². The molecule has 0 N–H and O–H groups in total. The fourth-order valence-electron chi connectivity index (χ4n) is 10.7. The zero-order chi connectivity index (χ0) is 44.7. The number of benzene rings is 11. The van der Waals surface area contributed by atoms with Gasteiger partial charge in [-0.15, -0.1) is 0 Å². The number of aromatic nitrogens is 5. The maximum Gasteiger partial charge on any atom is 0.166 e. The summed E-state index contributed by atoms with van der Waals surface area (Å²) >= 11 is 0. The summed E-state index contributed by atoms with van der Waals surface area (Å²) in [6.45, 7) is 0. The van der Waals surface area contributed by atoms with E-state index in [0.717, 1.165) is 71.9 Å². The summed E-state index contributed by atoms with van der Waals surface area (Å²) in [5.74, 6) is 1.81. The van der Waals surface area contributed by atoms with Crippen molar-refractivity contribution in [3.63, 3.8) is 0 Å². The first kappa shape index (κ1) is 38.1. The van der Waals surface area contributed by atoms with Gasteiger partial charge in [0.25, 0.3) is 0 Å². The predicted octanol–water partition coefficient (Wildman–Crippen LogP) is 16.2. The molecule has 3 heterocycles. The molecule has 5 heteroatoms. The van der Waals surface area contributed by atoms with Crippen LogP contribution in [-0.2, 0) is 0 Å². The summed E-state index contributed by atoms with van der Waals surface area (Å²) in [7, 11) is 0. The Morgan fingerprint density at radius 2 is 0.809 bits per heavy atom. The van der Waals surface area contributed by atoms with Gasteiger partial charge in [-0.3, -0.25) is 0 Å². The smallest absolute Gasteiger partial charge is 0.166 e. The molecule has 0 atom stereocenters. The third kappa shape index (κ3) is 5.93. The van der Waals surface area contributed by atoms with Gasteiger partial charge in [0.2, 0.25) is 0 Å². The van der Waals surface area contributed by atoms with Crippen LogP contribution >= 0.6 is 0 Å². The molecule has 5 nitrogen and oxygen atoms in total. The molecule has 316 valence electrons. The minimum absolute atomic E-state index is 0.598. The van der Waals surface area contributed by atoms with Crippen molar-refractivity contribution in [3.05, 3.63) is 237 Å². The molecule has 0 saturated carbocycles. The Bertz CT molecular complexity index is 4310. The summed E-state index contributed by atoms with van der Waals surface area (Å²) in [6.07, 6.45) is 0. The Morgan fingerprint density at radius 3 is 1.62 bits per heavy atom. The lowest BCUT2D eigenvalue weighted by molar-refractivity contribution is 1.07. The van der Waals surface area contributed by atoms with E-state index in [0.29, 0.717) is 17.5 Å². The fourth-order valence-corrected chi connectivity index (χ4v) is 10.7. The summed E-state index contributed by atoms with van der Waals surface area (Å²) in [4.78, 5) is 16.3. The SMILES string of the molecule is c1ccc(-c2nc(-c3ccc(-n4c5cc6ccccc6cc5c5ccc6ccccc6c54)cc3-c3cccc4ccccc34)nc(-c3cccc4c5ccccc5n(-c5ccccc5)c34)n2)cc1. The van der Waals surface area contributed by atoms with E-state index in [4.69, 9.17) is 15.0 Å². The molecule has 0 aliphatic heterocycles. The van der Waals surface area contributed by atoms with Gasteiger partial charge in [-0.1, -0.05) is 182 Å². The summed E-state index contributed by atoms with van der Waals surface area (Å²) in [6, 6.07) is 84.7. The van der Waals surface area contributed by atoms with Crippen molar-refractivity contribution in [2.45, 2.75) is 0 Å². The lowest BCUT2D eigenvalue weighted by atomic mass is 9.93. The first-order valence-electron chi connectivity index (χ1n) is 23.1. The van der Waals surface area contributed by atoms with Gasteiger partial charge in [0.15, 0.2) is 17.5 Å². The van der Waals surface area contributed by atoms with Crippen LogP contribution in [0.5, 0.6) is 0 Å². The molecule has 0 amide bonds. The first-order chi connectivity index (χ1) is 33.7.